The first-order chi connectivity index (χ1) is 8.79. The molecular formula is C16H16OS. The van der Waals surface area contributed by atoms with Gasteiger partial charge in [-0.05, 0) is 37.1 Å². The maximum absolute atomic E-state index is 10.5. The molecule has 1 nitrogen and oxygen atoms in total. The summed E-state index contributed by atoms with van der Waals surface area (Å²) in [7, 11) is 0. The van der Waals surface area contributed by atoms with Gasteiger partial charge in [-0.2, -0.15) is 0 Å². The Labute approximate surface area is 112 Å². The van der Waals surface area contributed by atoms with E-state index in [0.29, 0.717) is 6.42 Å². The molecule has 2 aromatic carbocycles. The smallest absolute Gasteiger partial charge is 0.120 e. The molecule has 0 spiro atoms. The molecule has 0 amide bonds. The molecular weight excluding hydrogens is 240 g/mol. The lowest BCUT2D eigenvalue weighted by atomic mass is 10.1. The summed E-state index contributed by atoms with van der Waals surface area (Å²) in [4.78, 5) is 13.0. The zero-order valence-corrected chi connectivity index (χ0v) is 11.2. The SMILES string of the molecule is Cc1ccc(Sc2ccccc2CCC=O)cc1. The largest absolute Gasteiger partial charge is 0.303 e. The van der Waals surface area contributed by atoms with Crippen LogP contribution in [0.1, 0.15) is 17.5 Å². The van der Waals surface area contributed by atoms with Crippen LogP contribution in [-0.2, 0) is 11.2 Å². The number of hydrogen-bond donors (Lipinski definition) is 0. The van der Waals surface area contributed by atoms with Crippen LogP contribution in [0.4, 0.5) is 0 Å². The predicted octanol–water partition coefficient (Wildman–Crippen LogP) is 4.28. The van der Waals surface area contributed by atoms with Crippen LogP contribution in [-0.4, -0.2) is 6.29 Å². The van der Waals surface area contributed by atoms with Crippen molar-refractivity contribution in [1.82, 2.24) is 0 Å². The van der Waals surface area contributed by atoms with Gasteiger partial charge < -0.3 is 4.79 Å². The number of carbonyl (C=O) groups is 1. The minimum Gasteiger partial charge on any atom is -0.303 e. The van der Waals surface area contributed by atoms with Crippen LogP contribution in [0, 0.1) is 6.92 Å². The lowest BCUT2D eigenvalue weighted by Crippen LogP contribution is -1.89. The van der Waals surface area contributed by atoms with E-state index in [9.17, 15) is 4.79 Å². The van der Waals surface area contributed by atoms with Crippen molar-refractivity contribution in [2.24, 2.45) is 0 Å². The van der Waals surface area contributed by atoms with Crippen molar-refractivity contribution in [2.45, 2.75) is 29.6 Å². The molecule has 0 aliphatic carbocycles. The molecule has 2 aromatic rings. The minimum atomic E-state index is 0.589. The molecule has 0 saturated heterocycles. The second-order valence-corrected chi connectivity index (χ2v) is 5.34. The Kier molecular flexibility index (Phi) is 4.59. The molecule has 0 unspecified atom stereocenters. The first-order valence-corrected chi connectivity index (χ1v) is 6.87. The van der Waals surface area contributed by atoms with Crippen LogP contribution in [0.25, 0.3) is 0 Å². The highest BCUT2D eigenvalue weighted by Gasteiger charge is 2.03. The Morgan fingerprint density at radius 2 is 1.78 bits per heavy atom. The third-order valence-corrected chi connectivity index (χ3v) is 3.88. The van der Waals surface area contributed by atoms with E-state index in [-0.39, 0.29) is 0 Å². The molecule has 0 bridgehead atoms. The molecule has 0 heterocycles. The zero-order chi connectivity index (χ0) is 12.8. The monoisotopic (exact) mass is 256 g/mol. The van der Waals surface area contributed by atoms with E-state index in [2.05, 4.69) is 43.3 Å². The van der Waals surface area contributed by atoms with E-state index in [1.807, 2.05) is 12.1 Å². The van der Waals surface area contributed by atoms with Gasteiger partial charge in [0.25, 0.3) is 0 Å². The fraction of sp³-hybridized carbons (Fsp3) is 0.188. The Hall–Kier alpha value is -1.54. The van der Waals surface area contributed by atoms with Crippen molar-refractivity contribution in [3.63, 3.8) is 0 Å². The summed E-state index contributed by atoms with van der Waals surface area (Å²) in [5.41, 5.74) is 2.52. The number of aryl methyl sites for hydroxylation is 2. The van der Waals surface area contributed by atoms with Crippen LogP contribution < -0.4 is 0 Å². The minimum absolute atomic E-state index is 0.589. The summed E-state index contributed by atoms with van der Waals surface area (Å²) in [6.45, 7) is 2.09. The maximum atomic E-state index is 10.5. The first-order valence-electron chi connectivity index (χ1n) is 6.05. The quantitative estimate of drug-likeness (QED) is 0.743. The van der Waals surface area contributed by atoms with E-state index in [1.165, 1.54) is 20.9 Å². The van der Waals surface area contributed by atoms with Gasteiger partial charge in [0.15, 0.2) is 0 Å². The summed E-state index contributed by atoms with van der Waals surface area (Å²) in [5, 5.41) is 0. The molecule has 0 aliphatic heterocycles. The average Bonchev–Trinajstić information content (AvgIpc) is 2.40. The van der Waals surface area contributed by atoms with E-state index in [1.54, 1.807) is 11.8 Å². The van der Waals surface area contributed by atoms with Crippen molar-refractivity contribution >= 4 is 18.0 Å². The zero-order valence-electron chi connectivity index (χ0n) is 10.4. The number of aldehydes is 1. The van der Waals surface area contributed by atoms with Gasteiger partial charge in [0.05, 0.1) is 0 Å². The van der Waals surface area contributed by atoms with Crippen molar-refractivity contribution < 1.29 is 4.79 Å². The van der Waals surface area contributed by atoms with E-state index >= 15 is 0 Å². The van der Waals surface area contributed by atoms with Crippen molar-refractivity contribution in [2.75, 3.05) is 0 Å². The van der Waals surface area contributed by atoms with Gasteiger partial charge in [-0.25, -0.2) is 0 Å². The fourth-order valence-corrected chi connectivity index (χ4v) is 2.73. The maximum Gasteiger partial charge on any atom is 0.120 e. The number of hydrogen-bond acceptors (Lipinski definition) is 2. The van der Waals surface area contributed by atoms with Crippen molar-refractivity contribution in [3.05, 3.63) is 59.7 Å². The van der Waals surface area contributed by atoms with Crippen molar-refractivity contribution in [3.8, 4) is 0 Å². The van der Waals surface area contributed by atoms with Gasteiger partial charge in [0, 0.05) is 16.2 Å². The molecule has 0 saturated carbocycles. The van der Waals surface area contributed by atoms with Crippen LogP contribution >= 0.6 is 11.8 Å². The molecule has 2 rings (SSSR count). The molecule has 0 radical (unpaired) electrons. The number of carbonyl (C=O) groups excluding carboxylic acids is 1. The van der Waals surface area contributed by atoms with E-state index < -0.39 is 0 Å². The third kappa shape index (κ3) is 3.47. The number of rotatable bonds is 5. The highest BCUT2D eigenvalue weighted by Crippen LogP contribution is 2.30. The second kappa shape index (κ2) is 6.41. The molecule has 18 heavy (non-hydrogen) atoms. The van der Waals surface area contributed by atoms with Crippen LogP contribution in [0.15, 0.2) is 58.3 Å². The van der Waals surface area contributed by atoms with Crippen LogP contribution in [0.5, 0.6) is 0 Å². The second-order valence-electron chi connectivity index (χ2n) is 4.23. The lowest BCUT2D eigenvalue weighted by molar-refractivity contribution is -0.107. The van der Waals surface area contributed by atoms with Crippen LogP contribution in [0.3, 0.4) is 0 Å². The Morgan fingerprint density at radius 3 is 2.50 bits per heavy atom. The first kappa shape index (κ1) is 12.9. The van der Waals surface area contributed by atoms with Gasteiger partial charge in [0.2, 0.25) is 0 Å². The highest BCUT2D eigenvalue weighted by atomic mass is 32.2. The molecule has 0 atom stereocenters. The molecule has 2 heteroatoms. The van der Waals surface area contributed by atoms with Gasteiger partial charge >= 0.3 is 0 Å². The average molecular weight is 256 g/mol. The summed E-state index contributed by atoms with van der Waals surface area (Å²) < 4.78 is 0. The van der Waals surface area contributed by atoms with Gasteiger partial charge in [-0.3, -0.25) is 0 Å². The van der Waals surface area contributed by atoms with Crippen molar-refractivity contribution in [1.29, 1.82) is 0 Å². The normalized spacial score (nSPS) is 10.3. The number of benzene rings is 2. The summed E-state index contributed by atoms with van der Waals surface area (Å²) in [6, 6.07) is 16.8. The van der Waals surface area contributed by atoms with Gasteiger partial charge in [0.1, 0.15) is 6.29 Å². The molecule has 0 fully saturated rings. The van der Waals surface area contributed by atoms with E-state index in [0.717, 1.165) is 12.7 Å². The summed E-state index contributed by atoms with van der Waals surface area (Å²) in [6.07, 6.45) is 2.39. The summed E-state index contributed by atoms with van der Waals surface area (Å²) >= 11 is 1.76. The van der Waals surface area contributed by atoms with Crippen LogP contribution in [0.2, 0.25) is 0 Å². The lowest BCUT2D eigenvalue weighted by Gasteiger charge is -2.08. The van der Waals surface area contributed by atoms with Gasteiger partial charge in [-0.15, -0.1) is 0 Å². The Balaban J connectivity index is 2.17. The standard InChI is InChI=1S/C16H16OS/c1-13-8-10-15(11-9-13)18-16-7-3-2-5-14(16)6-4-12-17/h2-3,5,7-12H,4,6H2,1H3. The Bertz CT molecular complexity index is 517. The third-order valence-electron chi connectivity index (χ3n) is 2.75. The molecule has 0 aliphatic rings. The summed E-state index contributed by atoms with van der Waals surface area (Å²) in [5.74, 6) is 0. The predicted molar refractivity (Wildman–Crippen MR) is 76.1 cm³/mol. The molecule has 92 valence electrons. The van der Waals surface area contributed by atoms with Gasteiger partial charge in [-0.1, -0.05) is 47.7 Å². The molecule has 0 N–H and O–H groups in total. The topological polar surface area (TPSA) is 17.1 Å². The molecule has 0 aromatic heterocycles. The van der Waals surface area contributed by atoms with E-state index in [4.69, 9.17) is 0 Å². The highest BCUT2D eigenvalue weighted by molar-refractivity contribution is 7.99. The fourth-order valence-electron chi connectivity index (χ4n) is 1.76. The Morgan fingerprint density at radius 1 is 1.06 bits per heavy atom.